The lowest BCUT2D eigenvalue weighted by Crippen LogP contribution is -2.49. The normalized spacial score (nSPS) is 12.7. The molecule has 1 aromatic carbocycles. The van der Waals surface area contributed by atoms with E-state index in [9.17, 15) is 9.59 Å². The highest BCUT2D eigenvalue weighted by atomic mass is 32.1. The van der Waals surface area contributed by atoms with E-state index in [2.05, 4.69) is 28.8 Å². The second kappa shape index (κ2) is 9.08. The Morgan fingerprint density at radius 2 is 1.85 bits per heavy atom. The van der Waals surface area contributed by atoms with E-state index in [0.717, 1.165) is 23.5 Å². The van der Waals surface area contributed by atoms with Crippen LogP contribution in [0.2, 0.25) is 0 Å². The van der Waals surface area contributed by atoms with E-state index in [-0.39, 0.29) is 17.5 Å². The van der Waals surface area contributed by atoms with Gasteiger partial charge in [0, 0.05) is 17.5 Å². The van der Waals surface area contributed by atoms with Gasteiger partial charge < -0.3 is 10.2 Å². The molecular weight excluding hydrogens is 360 g/mol. The summed E-state index contributed by atoms with van der Waals surface area (Å²) in [5, 5.41) is 8.56. The summed E-state index contributed by atoms with van der Waals surface area (Å²) < 4.78 is 3.80. The summed E-state index contributed by atoms with van der Waals surface area (Å²) in [7, 11) is 0. The van der Waals surface area contributed by atoms with Crippen LogP contribution in [0.4, 0.5) is 0 Å². The van der Waals surface area contributed by atoms with Crippen LogP contribution in [-0.2, 0) is 4.79 Å². The molecule has 0 radical (unpaired) electrons. The van der Waals surface area contributed by atoms with Crippen LogP contribution in [0.25, 0.3) is 0 Å². The van der Waals surface area contributed by atoms with E-state index >= 15 is 0 Å². The topological polar surface area (TPSA) is 75.2 Å². The van der Waals surface area contributed by atoms with Crippen LogP contribution in [0.1, 0.15) is 63.1 Å². The molecule has 1 aromatic heterocycles. The maximum Gasteiger partial charge on any atom is 0.276 e. The summed E-state index contributed by atoms with van der Waals surface area (Å²) in [4.78, 5) is 28.0. The van der Waals surface area contributed by atoms with Gasteiger partial charge in [-0.2, -0.15) is 0 Å². The van der Waals surface area contributed by atoms with Gasteiger partial charge >= 0.3 is 0 Å². The molecule has 0 aliphatic heterocycles. The predicted molar refractivity (Wildman–Crippen MR) is 107 cm³/mol. The Labute approximate surface area is 165 Å². The number of hydrogen-bond acceptors (Lipinski definition) is 5. The van der Waals surface area contributed by atoms with Crippen molar-refractivity contribution in [3.05, 3.63) is 47.0 Å². The van der Waals surface area contributed by atoms with Gasteiger partial charge in [0.15, 0.2) is 5.69 Å². The van der Waals surface area contributed by atoms with Gasteiger partial charge in [-0.25, -0.2) is 0 Å². The summed E-state index contributed by atoms with van der Waals surface area (Å²) in [5.74, 6) is -0.0766. The molecule has 0 saturated carbocycles. The van der Waals surface area contributed by atoms with Crippen molar-refractivity contribution in [2.75, 3.05) is 6.54 Å². The molecule has 0 aliphatic carbocycles. The van der Waals surface area contributed by atoms with Crippen LogP contribution in [0.3, 0.4) is 0 Å². The van der Waals surface area contributed by atoms with Crippen LogP contribution in [0.5, 0.6) is 0 Å². The molecule has 2 amide bonds. The molecule has 0 unspecified atom stereocenters. The Morgan fingerprint density at radius 3 is 2.37 bits per heavy atom. The lowest BCUT2D eigenvalue weighted by atomic mass is 10.00. The van der Waals surface area contributed by atoms with Crippen molar-refractivity contribution < 1.29 is 9.59 Å². The van der Waals surface area contributed by atoms with E-state index in [1.54, 1.807) is 10.3 Å². The molecule has 1 N–H and O–H groups in total. The Balaban J connectivity index is 2.44. The second-order valence-corrected chi connectivity index (χ2v) is 8.63. The molecule has 1 heterocycles. The molecule has 146 valence electrons. The predicted octanol–water partition coefficient (Wildman–Crippen LogP) is 3.68. The lowest BCUT2D eigenvalue weighted by Gasteiger charge is -2.33. The number of hydrogen-bond donors (Lipinski definition) is 1. The fraction of sp³-hybridized carbons (Fsp3) is 0.500. The first-order valence-corrected chi connectivity index (χ1v) is 9.97. The number of aromatic nitrogens is 2. The number of carbonyl (C=O) groups excluding carboxylic acids is 2. The maximum atomic E-state index is 13.2. The molecule has 0 saturated heterocycles. The fourth-order valence-electron chi connectivity index (χ4n) is 2.70. The molecule has 0 spiro atoms. The van der Waals surface area contributed by atoms with Gasteiger partial charge in [-0.3, -0.25) is 9.59 Å². The average Bonchev–Trinajstić information content (AvgIpc) is 3.11. The average molecular weight is 389 g/mol. The zero-order chi connectivity index (χ0) is 20.0. The van der Waals surface area contributed by atoms with Crippen LogP contribution in [0.15, 0.2) is 35.7 Å². The Kier molecular flexibility index (Phi) is 7.07. The van der Waals surface area contributed by atoms with E-state index < -0.39 is 11.6 Å². The van der Waals surface area contributed by atoms with Crippen LogP contribution in [0, 0.1) is 5.92 Å². The van der Waals surface area contributed by atoms with Crippen LogP contribution >= 0.6 is 11.5 Å². The Morgan fingerprint density at radius 1 is 1.19 bits per heavy atom. The standard InChI is InChI=1S/C20H28N4O2S/c1-14(2)11-12-24(19(26)16-13-27-23-22-16)17(15-9-7-6-8-10-15)18(25)21-20(3,4)5/h6-10,13-14,17H,11-12H2,1-5H3,(H,21,25)/t17-/m1/s1. The van der Waals surface area contributed by atoms with Crippen molar-refractivity contribution in [2.45, 2.75) is 52.6 Å². The first kappa shape index (κ1) is 21.0. The minimum Gasteiger partial charge on any atom is -0.349 e. The summed E-state index contributed by atoms with van der Waals surface area (Å²) in [6, 6.07) is 8.68. The van der Waals surface area contributed by atoms with E-state index in [1.807, 2.05) is 51.1 Å². The smallest absolute Gasteiger partial charge is 0.276 e. The molecule has 6 nitrogen and oxygen atoms in total. The number of benzene rings is 1. The van der Waals surface area contributed by atoms with Crippen LogP contribution in [-0.4, -0.2) is 38.4 Å². The molecular formula is C20H28N4O2S. The lowest BCUT2D eigenvalue weighted by molar-refractivity contribution is -0.127. The zero-order valence-electron chi connectivity index (χ0n) is 16.6. The molecule has 0 bridgehead atoms. The van der Waals surface area contributed by atoms with Gasteiger partial charge in [0.05, 0.1) is 0 Å². The van der Waals surface area contributed by atoms with Crippen molar-refractivity contribution >= 4 is 23.3 Å². The third kappa shape index (κ3) is 6.13. The van der Waals surface area contributed by atoms with E-state index in [0.29, 0.717) is 12.5 Å². The monoisotopic (exact) mass is 388 g/mol. The van der Waals surface area contributed by atoms with Gasteiger partial charge in [-0.05, 0) is 50.2 Å². The van der Waals surface area contributed by atoms with Gasteiger partial charge in [0.25, 0.3) is 5.91 Å². The molecule has 2 aromatic rings. The molecule has 27 heavy (non-hydrogen) atoms. The third-order valence-corrected chi connectivity index (χ3v) is 4.47. The molecule has 2 rings (SSSR count). The summed E-state index contributed by atoms with van der Waals surface area (Å²) in [5.41, 5.74) is 0.645. The highest BCUT2D eigenvalue weighted by Gasteiger charge is 2.34. The van der Waals surface area contributed by atoms with E-state index in [1.165, 1.54) is 0 Å². The highest BCUT2D eigenvalue weighted by molar-refractivity contribution is 7.03. The highest BCUT2D eigenvalue weighted by Crippen LogP contribution is 2.25. The zero-order valence-corrected chi connectivity index (χ0v) is 17.4. The minimum absolute atomic E-state index is 0.200. The Hall–Kier alpha value is -2.28. The van der Waals surface area contributed by atoms with Gasteiger partial charge in [0.1, 0.15) is 6.04 Å². The summed E-state index contributed by atoms with van der Waals surface area (Å²) in [6.07, 6.45) is 0.787. The SMILES string of the molecule is CC(C)CCN(C(=O)c1csnn1)[C@@H](C(=O)NC(C)(C)C)c1ccccc1. The number of nitrogens with one attached hydrogen (secondary N) is 1. The third-order valence-electron chi connectivity index (χ3n) is 3.96. The number of carbonyl (C=O) groups is 2. The fourth-order valence-corrected chi connectivity index (χ4v) is 3.13. The van der Waals surface area contributed by atoms with Crippen molar-refractivity contribution in [2.24, 2.45) is 5.92 Å². The van der Waals surface area contributed by atoms with Gasteiger partial charge in [-0.1, -0.05) is 48.7 Å². The first-order chi connectivity index (χ1) is 12.7. The molecule has 7 heteroatoms. The molecule has 1 atom stereocenters. The number of rotatable bonds is 7. The minimum atomic E-state index is -0.724. The van der Waals surface area contributed by atoms with Crippen molar-refractivity contribution in [1.29, 1.82) is 0 Å². The molecule has 0 aliphatic rings. The summed E-state index contributed by atoms with van der Waals surface area (Å²) >= 11 is 1.13. The van der Waals surface area contributed by atoms with Gasteiger partial charge in [0.2, 0.25) is 5.91 Å². The number of amides is 2. The first-order valence-electron chi connectivity index (χ1n) is 9.14. The maximum absolute atomic E-state index is 13.2. The van der Waals surface area contributed by atoms with Crippen LogP contribution < -0.4 is 5.32 Å². The van der Waals surface area contributed by atoms with Crippen molar-refractivity contribution in [3.8, 4) is 0 Å². The number of nitrogens with zero attached hydrogens (tertiary/aromatic N) is 3. The van der Waals surface area contributed by atoms with Crippen molar-refractivity contribution in [3.63, 3.8) is 0 Å². The van der Waals surface area contributed by atoms with E-state index in [4.69, 9.17) is 0 Å². The van der Waals surface area contributed by atoms with Crippen molar-refractivity contribution in [1.82, 2.24) is 19.8 Å². The largest absolute Gasteiger partial charge is 0.349 e. The van der Waals surface area contributed by atoms with Gasteiger partial charge in [-0.15, -0.1) is 5.10 Å². The quantitative estimate of drug-likeness (QED) is 0.785. The summed E-state index contributed by atoms with van der Waals surface area (Å²) in [6.45, 7) is 10.4. The second-order valence-electron chi connectivity index (χ2n) is 8.02. The molecule has 0 fully saturated rings. The Bertz CT molecular complexity index is 739.